The predicted molar refractivity (Wildman–Crippen MR) is 122 cm³/mol. The summed E-state index contributed by atoms with van der Waals surface area (Å²) in [6.07, 6.45) is 1.56. The van der Waals surface area contributed by atoms with Crippen molar-refractivity contribution in [3.63, 3.8) is 0 Å². The highest BCUT2D eigenvalue weighted by atomic mass is 32.2. The van der Waals surface area contributed by atoms with Gasteiger partial charge >= 0.3 is 0 Å². The van der Waals surface area contributed by atoms with Crippen LogP contribution in [-0.4, -0.2) is 59.8 Å². The molecule has 0 bridgehead atoms. The molecular weight excluding hydrogens is 414 g/mol. The number of piperazine rings is 1. The van der Waals surface area contributed by atoms with Gasteiger partial charge in [0, 0.05) is 37.1 Å². The molecular formula is C22H29N5O3S. The third-order valence-electron chi connectivity index (χ3n) is 5.88. The number of hydrogen-bond acceptors (Lipinski definition) is 7. The van der Waals surface area contributed by atoms with Gasteiger partial charge in [-0.2, -0.15) is 4.31 Å². The molecule has 0 aliphatic carbocycles. The maximum atomic E-state index is 12.6. The Morgan fingerprint density at radius 1 is 1.06 bits per heavy atom. The Morgan fingerprint density at radius 2 is 1.81 bits per heavy atom. The summed E-state index contributed by atoms with van der Waals surface area (Å²) < 4.78 is 32.3. The van der Waals surface area contributed by atoms with Crippen molar-refractivity contribution in [2.24, 2.45) is 0 Å². The molecule has 0 spiro atoms. The Balaban J connectivity index is 1.68. The van der Waals surface area contributed by atoms with Gasteiger partial charge in [0.05, 0.1) is 17.0 Å². The summed E-state index contributed by atoms with van der Waals surface area (Å²) in [6.45, 7) is 9.96. The van der Waals surface area contributed by atoms with E-state index in [9.17, 15) is 8.42 Å². The van der Waals surface area contributed by atoms with E-state index in [0.29, 0.717) is 44.2 Å². The van der Waals surface area contributed by atoms with Crippen molar-refractivity contribution < 1.29 is 12.9 Å². The molecule has 0 radical (unpaired) electrons. The van der Waals surface area contributed by atoms with Gasteiger partial charge in [-0.15, -0.1) is 0 Å². The van der Waals surface area contributed by atoms with E-state index in [2.05, 4.69) is 10.1 Å². The van der Waals surface area contributed by atoms with E-state index >= 15 is 0 Å². The van der Waals surface area contributed by atoms with Crippen LogP contribution in [0.2, 0.25) is 0 Å². The lowest BCUT2D eigenvalue weighted by atomic mass is 10.1. The number of fused-ring (bicyclic) bond motifs is 1. The molecule has 0 N–H and O–H groups in total. The first-order valence-electron chi connectivity index (χ1n) is 10.7. The Morgan fingerprint density at radius 3 is 2.45 bits per heavy atom. The minimum Gasteiger partial charge on any atom is -0.353 e. The average molecular weight is 444 g/mol. The van der Waals surface area contributed by atoms with Gasteiger partial charge in [0.2, 0.25) is 21.6 Å². The smallest absolute Gasteiger partial charge is 0.214 e. The highest BCUT2D eigenvalue weighted by Gasteiger charge is 2.28. The van der Waals surface area contributed by atoms with Crippen LogP contribution in [0.4, 0.5) is 5.82 Å². The number of rotatable bonds is 6. The summed E-state index contributed by atoms with van der Waals surface area (Å²) in [4.78, 5) is 11.7. The van der Waals surface area contributed by atoms with Gasteiger partial charge in [0.1, 0.15) is 5.82 Å². The molecule has 0 unspecified atom stereocenters. The summed E-state index contributed by atoms with van der Waals surface area (Å²) in [5.74, 6) is 2.10. The maximum Gasteiger partial charge on any atom is 0.214 e. The molecule has 1 saturated heterocycles. The van der Waals surface area contributed by atoms with Gasteiger partial charge in [-0.05, 0) is 44.9 Å². The van der Waals surface area contributed by atoms with Crippen molar-refractivity contribution in [3.8, 4) is 11.6 Å². The second-order valence-electron chi connectivity index (χ2n) is 8.17. The number of sulfonamides is 1. The molecule has 1 fully saturated rings. The third-order valence-corrected chi connectivity index (χ3v) is 7.84. The van der Waals surface area contributed by atoms with Gasteiger partial charge in [-0.1, -0.05) is 24.6 Å². The van der Waals surface area contributed by atoms with Crippen molar-refractivity contribution in [2.45, 2.75) is 40.5 Å². The lowest BCUT2D eigenvalue weighted by molar-refractivity contribution is 0.383. The van der Waals surface area contributed by atoms with E-state index in [1.807, 2.05) is 45.9 Å². The zero-order valence-electron chi connectivity index (χ0n) is 18.6. The summed E-state index contributed by atoms with van der Waals surface area (Å²) in [7, 11) is -3.20. The SMILES string of the molecule is CCCCS(=O)(=O)N1CCN(c2nc(-c3onc(C)c3C)nc3cc(C)ccc23)CC1. The van der Waals surface area contributed by atoms with E-state index in [1.165, 1.54) is 0 Å². The molecule has 0 saturated carbocycles. The van der Waals surface area contributed by atoms with Crippen LogP contribution < -0.4 is 4.90 Å². The van der Waals surface area contributed by atoms with Gasteiger partial charge in [0.25, 0.3) is 0 Å². The monoisotopic (exact) mass is 443 g/mol. The van der Waals surface area contributed by atoms with Crippen molar-refractivity contribution in [3.05, 3.63) is 35.0 Å². The predicted octanol–water partition coefficient (Wildman–Crippen LogP) is 3.46. The van der Waals surface area contributed by atoms with Crippen molar-refractivity contribution in [1.29, 1.82) is 0 Å². The topological polar surface area (TPSA) is 92.4 Å². The van der Waals surface area contributed by atoms with Crippen LogP contribution in [0, 0.1) is 20.8 Å². The van der Waals surface area contributed by atoms with Crippen LogP contribution in [0.3, 0.4) is 0 Å². The van der Waals surface area contributed by atoms with E-state index in [-0.39, 0.29) is 5.75 Å². The number of hydrogen-bond donors (Lipinski definition) is 0. The van der Waals surface area contributed by atoms with E-state index in [1.54, 1.807) is 4.31 Å². The fourth-order valence-electron chi connectivity index (χ4n) is 3.82. The number of anilines is 1. The first-order chi connectivity index (χ1) is 14.8. The molecule has 31 heavy (non-hydrogen) atoms. The van der Waals surface area contributed by atoms with Crippen molar-refractivity contribution in [2.75, 3.05) is 36.8 Å². The number of unbranched alkanes of at least 4 members (excludes halogenated alkanes) is 1. The number of benzene rings is 1. The molecule has 8 nitrogen and oxygen atoms in total. The summed E-state index contributed by atoms with van der Waals surface area (Å²) >= 11 is 0. The first kappa shape index (κ1) is 21.7. The number of nitrogens with zero attached hydrogens (tertiary/aromatic N) is 5. The molecule has 1 aliphatic heterocycles. The van der Waals surface area contributed by atoms with Crippen molar-refractivity contribution >= 4 is 26.7 Å². The lowest BCUT2D eigenvalue weighted by Gasteiger charge is -2.35. The third kappa shape index (κ3) is 4.29. The second-order valence-corrected chi connectivity index (χ2v) is 10.3. The Labute approximate surface area is 183 Å². The molecule has 9 heteroatoms. The van der Waals surface area contributed by atoms with Crippen LogP contribution in [-0.2, 0) is 10.0 Å². The maximum absolute atomic E-state index is 12.6. The van der Waals surface area contributed by atoms with Gasteiger partial charge in [0.15, 0.2) is 0 Å². The first-order valence-corrected chi connectivity index (χ1v) is 12.4. The fourth-order valence-corrected chi connectivity index (χ4v) is 5.45. The normalized spacial score (nSPS) is 15.7. The highest BCUT2D eigenvalue weighted by Crippen LogP contribution is 2.31. The second kappa shape index (κ2) is 8.55. The molecule has 3 heterocycles. The van der Waals surface area contributed by atoms with Crippen LogP contribution >= 0.6 is 0 Å². The Kier molecular flexibility index (Phi) is 5.98. The largest absolute Gasteiger partial charge is 0.353 e. The quantitative estimate of drug-likeness (QED) is 0.576. The molecule has 3 aromatic rings. The minimum absolute atomic E-state index is 0.216. The molecule has 0 amide bonds. The van der Waals surface area contributed by atoms with Crippen LogP contribution in [0.15, 0.2) is 22.7 Å². The molecule has 4 rings (SSSR count). The lowest BCUT2D eigenvalue weighted by Crippen LogP contribution is -2.49. The fraction of sp³-hybridized carbons (Fsp3) is 0.500. The van der Waals surface area contributed by atoms with Crippen LogP contribution in [0.25, 0.3) is 22.5 Å². The molecule has 2 aromatic heterocycles. The average Bonchev–Trinajstić information content (AvgIpc) is 3.09. The Hall–Kier alpha value is -2.52. The Bertz CT molecular complexity index is 1200. The van der Waals surface area contributed by atoms with Crippen LogP contribution in [0.1, 0.15) is 36.6 Å². The van der Waals surface area contributed by atoms with Crippen molar-refractivity contribution in [1.82, 2.24) is 19.4 Å². The highest BCUT2D eigenvalue weighted by molar-refractivity contribution is 7.89. The summed E-state index contributed by atoms with van der Waals surface area (Å²) in [5, 5.41) is 5.00. The van der Waals surface area contributed by atoms with Gasteiger partial charge in [-0.3, -0.25) is 0 Å². The van der Waals surface area contributed by atoms with Gasteiger partial charge < -0.3 is 9.42 Å². The number of aromatic nitrogens is 3. The molecule has 1 aliphatic rings. The molecule has 166 valence electrons. The summed E-state index contributed by atoms with van der Waals surface area (Å²) in [5.41, 5.74) is 3.69. The summed E-state index contributed by atoms with van der Waals surface area (Å²) in [6, 6.07) is 6.12. The van der Waals surface area contributed by atoms with E-state index in [4.69, 9.17) is 14.5 Å². The standard InChI is InChI=1S/C22H29N5O3S/c1-5-6-13-31(28,29)27-11-9-26(10-12-27)22-18-8-7-15(2)14-19(18)23-21(24-22)20-16(3)17(4)25-30-20/h7-8,14H,5-6,9-13H2,1-4H3. The zero-order chi connectivity index (χ0) is 22.2. The minimum atomic E-state index is -3.20. The molecule has 0 atom stereocenters. The molecule has 1 aromatic carbocycles. The van der Waals surface area contributed by atoms with Crippen LogP contribution in [0.5, 0.6) is 0 Å². The van der Waals surface area contributed by atoms with E-state index < -0.39 is 10.0 Å². The number of aryl methyl sites for hydroxylation is 2. The zero-order valence-corrected chi connectivity index (χ0v) is 19.4. The van der Waals surface area contributed by atoms with E-state index in [0.717, 1.165) is 40.0 Å². The van der Waals surface area contributed by atoms with Gasteiger partial charge in [-0.25, -0.2) is 18.4 Å².